The lowest BCUT2D eigenvalue weighted by atomic mass is 10.1. The number of nitrogens with one attached hydrogen (secondary N) is 1. The highest BCUT2D eigenvalue weighted by Gasteiger charge is 2.27. The number of nitrogens with zero attached hydrogens (tertiary/aromatic N) is 2. The van der Waals surface area contributed by atoms with Crippen LogP contribution >= 0.6 is 11.3 Å². The van der Waals surface area contributed by atoms with Gasteiger partial charge in [-0.3, -0.25) is 0 Å². The highest BCUT2D eigenvalue weighted by molar-refractivity contribution is 7.13. The fourth-order valence-electron chi connectivity index (χ4n) is 1.33. The number of hydrogen-bond acceptors (Lipinski definition) is 4. The second kappa shape index (κ2) is 3.39. The molecule has 0 bridgehead atoms. The molecule has 0 aromatic carbocycles. The van der Waals surface area contributed by atoms with E-state index in [9.17, 15) is 0 Å². The molecule has 0 saturated heterocycles. The zero-order valence-electron chi connectivity index (χ0n) is 7.16. The molecule has 2 rings (SSSR count). The van der Waals surface area contributed by atoms with E-state index in [-0.39, 0.29) is 0 Å². The van der Waals surface area contributed by atoms with Crippen LogP contribution in [0.3, 0.4) is 0 Å². The molecule has 0 spiro atoms. The van der Waals surface area contributed by atoms with Crippen LogP contribution in [-0.4, -0.2) is 16.7 Å². The zero-order chi connectivity index (χ0) is 8.39. The molecular weight excluding hydrogens is 170 g/mol. The SMILES string of the molecule is CC(CNc1nncs1)C1CC1. The van der Waals surface area contributed by atoms with Gasteiger partial charge in [0.25, 0.3) is 0 Å². The van der Waals surface area contributed by atoms with Crippen molar-refractivity contribution in [3.05, 3.63) is 5.51 Å². The van der Waals surface area contributed by atoms with Gasteiger partial charge < -0.3 is 5.32 Å². The van der Waals surface area contributed by atoms with Gasteiger partial charge in [0.05, 0.1) is 0 Å². The summed E-state index contributed by atoms with van der Waals surface area (Å²) in [5.74, 6) is 1.75. The van der Waals surface area contributed by atoms with Gasteiger partial charge in [-0.1, -0.05) is 18.3 Å². The van der Waals surface area contributed by atoms with Crippen molar-refractivity contribution in [2.24, 2.45) is 11.8 Å². The maximum Gasteiger partial charge on any atom is 0.205 e. The minimum atomic E-state index is 0.786. The van der Waals surface area contributed by atoms with E-state index in [0.717, 1.165) is 23.5 Å². The molecule has 1 heterocycles. The van der Waals surface area contributed by atoms with E-state index in [2.05, 4.69) is 22.4 Å². The van der Waals surface area contributed by atoms with Crippen LogP contribution < -0.4 is 5.32 Å². The van der Waals surface area contributed by atoms with Crippen LogP contribution in [-0.2, 0) is 0 Å². The molecule has 12 heavy (non-hydrogen) atoms. The number of aromatic nitrogens is 2. The van der Waals surface area contributed by atoms with Gasteiger partial charge >= 0.3 is 0 Å². The summed E-state index contributed by atoms with van der Waals surface area (Å²) in [6.07, 6.45) is 2.83. The monoisotopic (exact) mass is 183 g/mol. The summed E-state index contributed by atoms with van der Waals surface area (Å²) in [4.78, 5) is 0. The van der Waals surface area contributed by atoms with Crippen molar-refractivity contribution in [1.82, 2.24) is 10.2 Å². The third kappa shape index (κ3) is 1.94. The lowest BCUT2D eigenvalue weighted by Crippen LogP contribution is -2.12. The van der Waals surface area contributed by atoms with Crippen LogP contribution in [0.4, 0.5) is 5.13 Å². The van der Waals surface area contributed by atoms with Crippen molar-refractivity contribution in [2.45, 2.75) is 19.8 Å². The first-order chi connectivity index (χ1) is 5.86. The summed E-state index contributed by atoms with van der Waals surface area (Å²) >= 11 is 1.56. The Labute approximate surface area is 76.2 Å². The second-order valence-electron chi connectivity index (χ2n) is 3.44. The standard InChI is InChI=1S/C8H13N3S/c1-6(7-2-3-7)4-9-8-11-10-5-12-8/h5-7H,2-4H2,1H3,(H,9,11). The molecule has 1 unspecified atom stereocenters. The third-order valence-electron chi connectivity index (χ3n) is 2.36. The maximum atomic E-state index is 3.93. The molecule has 1 aromatic rings. The van der Waals surface area contributed by atoms with Crippen LogP contribution in [0.1, 0.15) is 19.8 Å². The first-order valence-electron chi connectivity index (χ1n) is 4.36. The average molecular weight is 183 g/mol. The smallest absolute Gasteiger partial charge is 0.205 e. The van der Waals surface area contributed by atoms with Crippen molar-refractivity contribution >= 4 is 16.5 Å². The van der Waals surface area contributed by atoms with Gasteiger partial charge in [0.15, 0.2) is 0 Å². The fourth-order valence-corrected chi connectivity index (χ4v) is 1.79. The van der Waals surface area contributed by atoms with E-state index in [1.54, 1.807) is 16.8 Å². The summed E-state index contributed by atoms with van der Waals surface area (Å²) < 4.78 is 0. The molecule has 3 nitrogen and oxygen atoms in total. The van der Waals surface area contributed by atoms with Crippen molar-refractivity contribution in [2.75, 3.05) is 11.9 Å². The summed E-state index contributed by atoms with van der Waals surface area (Å²) in [6.45, 7) is 3.34. The van der Waals surface area contributed by atoms with Gasteiger partial charge in [-0.25, -0.2) is 0 Å². The van der Waals surface area contributed by atoms with E-state index in [0.29, 0.717) is 0 Å². The van der Waals surface area contributed by atoms with Crippen LogP contribution in [0.2, 0.25) is 0 Å². The Kier molecular flexibility index (Phi) is 2.26. The van der Waals surface area contributed by atoms with Gasteiger partial charge in [0.1, 0.15) is 5.51 Å². The molecule has 1 aliphatic carbocycles. The van der Waals surface area contributed by atoms with E-state index < -0.39 is 0 Å². The molecule has 1 aromatic heterocycles. The number of hydrogen-bond donors (Lipinski definition) is 1. The molecule has 1 aliphatic rings. The van der Waals surface area contributed by atoms with Crippen molar-refractivity contribution in [1.29, 1.82) is 0 Å². The lowest BCUT2D eigenvalue weighted by molar-refractivity contribution is 0.536. The molecule has 0 radical (unpaired) electrons. The Morgan fingerprint density at radius 1 is 1.75 bits per heavy atom. The Bertz CT molecular complexity index is 230. The predicted octanol–water partition coefficient (Wildman–Crippen LogP) is 2.00. The predicted molar refractivity (Wildman–Crippen MR) is 50.3 cm³/mol. The first kappa shape index (κ1) is 7.98. The van der Waals surface area contributed by atoms with Crippen LogP contribution in [0.25, 0.3) is 0 Å². The highest BCUT2D eigenvalue weighted by atomic mass is 32.1. The Morgan fingerprint density at radius 2 is 2.58 bits per heavy atom. The summed E-state index contributed by atoms with van der Waals surface area (Å²) in [7, 11) is 0. The Balaban J connectivity index is 1.74. The van der Waals surface area contributed by atoms with Crippen molar-refractivity contribution in [3.63, 3.8) is 0 Å². The molecule has 1 fully saturated rings. The summed E-state index contributed by atoms with van der Waals surface area (Å²) in [5, 5.41) is 11.9. The van der Waals surface area contributed by atoms with E-state index >= 15 is 0 Å². The summed E-state index contributed by atoms with van der Waals surface area (Å²) in [5.41, 5.74) is 1.75. The third-order valence-corrected chi connectivity index (χ3v) is 3.01. The molecule has 0 aliphatic heterocycles. The highest BCUT2D eigenvalue weighted by Crippen LogP contribution is 2.36. The van der Waals surface area contributed by atoms with E-state index in [4.69, 9.17) is 0 Å². The first-order valence-corrected chi connectivity index (χ1v) is 5.24. The molecule has 4 heteroatoms. The topological polar surface area (TPSA) is 37.8 Å². The quantitative estimate of drug-likeness (QED) is 0.775. The average Bonchev–Trinajstić information content (AvgIpc) is 2.80. The van der Waals surface area contributed by atoms with E-state index in [1.807, 2.05) is 0 Å². The van der Waals surface area contributed by atoms with Crippen molar-refractivity contribution < 1.29 is 0 Å². The van der Waals surface area contributed by atoms with Crippen LogP contribution in [0, 0.1) is 11.8 Å². The van der Waals surface area contributed by atoms with E-state index in [1.165, 1.54) is 12.8 Å². The number of anilines is 1. The lowest BCUT2D eigenvalue weighted by Gasteiger charge is -2.09. The molecule has 1 saturated carbocycles. The summed E-state index contributed by atoms with van der Waals surface area (Å²) in [6, 6.07) is 0. The second-order valence-corrected chi connectivity index (χ2v) is 4.27. The fraction of sp³-hybridized carbons (Fsp3) is 0.750. The molecule has 1 N–H and O–H groups in total. The Morgan fingerprint density at radius 3 is 3.17 bits per heavy atom. The molecule has 1 atom stereocenters. The van der Waals surface area contributed by atoms with Gasteiger partial charge in [-0.2, -0.15) is 0 Å². The van der Waals surface area contributed by atoms with Gasteiger partial charge in [-0.15, -0.1) is 10.2 Å². The van der Waals surface area contributed by atoms with Gasteiger partial charge in [0.2, 0.25) is 5.13 Å². The normalized spacial score (nSPS) is 19.1. The van der Waals surface area contributed by atoms with Crippen molar-refractivity contribution in [3.8, 4) is 0 Å². The molecule has 66 valence electrons. The largest absolute Gasteiger partial charge is 0.360 e. The van der Waals surface area contributed by atoms with Crippen LogP contribution in [0.5, 0.6) is 0 Å². The van der Waals surface area contributed by atoms with Gasteiger partial charge in [-0.05, 0) is 24.7 Å². The van der Waals surface area contributed by atoms with Gasteiger partial charge in [0, 0.05) is 6.54 Å². The molecule has 0 amide bonds. The Hall–Kier alpha value is -0.640. The molecular formula is C8H13N3S. The zero-order valence-corrected chi connectivity index (χ0v) is 7.97. The minimum Gasteiger partial charge on any atom is -0.360 e. The van der Waals surface area contributed by atoms with Crippen LogP contribution in [0.15, 0.2) is 5.51 Å². The number of rotatable bonds is 4. The maximum absolute atomic E-state index is 3.93. The minimum absolute atomic E-state index is 0.786.